The number of nitrogens with two attached hydrogens (primary N) is 1. The molecule has 0 saturated heterocycles. The number of aliphatic imine (C=N–C) groups is 1. The molecule has 0 aliphatic carbocycles. The minimum atomic E-state index is -0.147. The average Bonchev–Trinajstić information content (AvgIpc) is 4.23. The molecule has 17 nitrogen and oxygen atoms in total. The molecule has 19 heteroatoms. The Balaban J connectivity index is 0.000000122. The number of anilines is 1. The molecule has 12 rings (SSSR count). The van der Waals surface area contributed by atoms with Gasteiger partial charge in [0, 0.05) is 56.6 Å². The Kier molecular flexibility index (Phi) is 15.4. The number of ether oxygens (including phenoxy) is 1. The van der Waals surface area contributed by atoms with Gasteiger partial charge in [-0.3, -0.25) is 24.3 Å². The van der Waals surface area contributed by atoms with E-state index in [0.29, 0.717) is 29.2 Å². The number of aromatic nitrogens is 9. The number of hydrogen-bond acceptors (Lipinski definition) is 13. The summed E-state index contributed by atoms with van der Waals surface area (Å²) in [4.78, 5) is 53.3. The highest BCUT2D eigenvalue weighted by molar-refractivity contribution is 9.10. The van der Waals surface area contributed by atoms with E-state index < -0.39 is 0 Å². The van der Waals surface area contributed by atoms with Gasteiger partial charge >= 0.3 is 0 Å². The second-order valence-corrected chi connectivity index (χ2v) is 17.2. The zero-order chi connectivity index (χ0) is 46.7. The molecule has 67 heavy (non-hydrogen) atoms. The first-order valence-electron chi connectivity index (χ1n) is 21.8. The van der Waals surface area contributed by atoms with E-state index in [4.69, 9.17) is 10.5 Å². The van der Waals surface area contributed by atoms with Crippen LogP contribution in [0.2, 0.25) is 0 Å². The standard InChI is InChI=1S/C18H15N5O.C10H9BrN4.C8H7NO.C7H7BrN2O.C5H9NO/c24-18-13-6-2-1-5-12(13)11-23(18)15-8-3-7-14(19-15)17-21-20-16-9-4-10-22(16)17;11-8-4-1-3-7(12-8)10-14-13-9-5-2-6-15(9)10;10-8-7-4-2-1-3-6(7)5-9-8;8-7-3-1-2-5(10-7)6(11)4-9;1-7-5-3-2-4-6-5/h1-3,5-8H,4,9-11H2;1,3-4H,2,5-6H2;1-4H,5H2,(H,9,10);1-3H,4,9H2;2-4H2,1H3. The third kappa shape index (κ3) is 11.2. The van der Waals surface area contributed by atoms with E-state index in [-0.39, 0.29) is 24.1 Å². The summed E-state index contributed by atoms with van der Waals surface area (Å²) >= 11 is 6.52. The first kappa shape index (κ1) is 46.7. The van der Waals surface area contributed by atoms with Gasteiger partial charge in [-0.25, -0.2) is 15.0 Å². The number of nitrogens with one attached hydrogen (secondary N) is 1. The van der Waals surface area contributed by atoms with Crippen LogP contribution in [0.25, 0.3) is 23.0 Å². The second kappa shape index (κ2) is 22.1. The summed E-state index contributed by atoms with van der Waals surface area (Å²) in [6, 6.07) is 32.0. The quantitative estimate of drug-likeness (QED) is 0.129. The van der Waals surface area contributed by atoms with Crippen LogP contribution < -0.4 is 16.0 Å². The van der Waals surface area contributed by atoms with Crippen molar-refractivity contribution in [1.29, 1.82) is 0 Å². The SMILES string of the molecule is Brc1cccc(-c2nnc3n2CCC3)n1.COC1=NCCC1.NCC(=O)c1cccc(Br)n1.O=C1NCc2ccccc21.O=C1c2ccccc2CN1c1cccc(-c2nnc3n2CCC3)n1. The van der Waals surface area contributed by atoms with Gasteiger partial charge in [-0.2, -0.15) is 0 Å². The van der Waals surface area contributed by atoms with Crippen LogP contribution in [-0.4, -0.2) is 88.2 Å². The normalized spacial score (nSPS) is 14.6. The minimum Gasteiger partial charge on any atom is -0.484 e. The molecule has 0 spiro atoms. The molecular weight excluding hydrogens is 982 g/mol. The smallest absolute Gasteiger partial charge is 0.260 e. The highest BCUT2D eigenvalue weighted by Gasteiger charge is 2.29. The van der Waals surface area contributed by atoms with E-state index in [1.807, 2.05) is 84.9 Å². The predicted octanol–water partition coefficient (Wildman–Crippen LogP) is 7.24. The highest BCUT2D eigenvalue weighted by atomic mass is 79.9. The molecule has 0 atom stereocenters. The van der Waals surface area contributed by atoms with Gasteiger partial charge in [-0.05, 0) is 111 Å². The summed E-state index contributed by atoms with van der Waals surface area (Å²) in [5.41, 5.74) is 10.9. The minimum absolute atomic E-state index is 0.00159. The molecule has 5 aliphatic rings. The Labute approximate surface area is 403 Å². The average molecular weight is 1030 g/mol. The van der Waals surface area contributed by atoms with Gasteiger partial charge in [-0.15, -0.1) is 20.4 Å². The van der Waals surface area contributed by atoms with E-state index in [9.17, 15) is 14.4 Å². The Morgan fingerprint density at radius 3 is 1.88 bits per heavy atom. The fraction of sp³-hybridized carbons (Fsp3) is 0.271. The molecule has 5 aliphatic heterocycles. The molecule has 0 fully saturated rings. The molecule has 0 saturated carbocycles. The van der Waals surface area contributed by atoms with Gasteiger partial charge in [0.1, 0.15) is 43.8 Å². The largest absolute Gasteiger partial charge is 0.484 e. The fourth-order valence-corrected chi connectivity index (χ4v) is 8.55. The van der Waals surface area contributed by atoms with Crippen LogP contribution >= 0.6 is 31.9 Å². The number of hydrogen-bond donors (Lipinski definition) is 2. The summed E-state index contributed by atoms with van der Waals surface area (Å²) in [5.74, 6) is 5.23. The topological polar surface area (TPSA) is 214 Å². The van der Waals surface area contributed by atoms with E-state index in [0.717, 1.165) is 119 Å². The molecule has 2 aromatic carbocycles. The molecule has 7 aromatic rings. The van der Waals surface area contributed by atoms with Gasteiger partial charge < -0.3 is 24.9 Å². The van der Waals surface area contributed by atoms with Crippen molar-refractivity contribution in [1.82, 2.24) is 49.8 Å². The third-order valence-corrected chi connectivity index (χ3v) is 12.1. The van der Waals surface area contributed by atoms with Gasteiger partial charge in [0.05, 0.1) is 20.2 Å². The monoisotopic (exact) mass is 1030 g/mol. The summed E-state index contributed by atoms with van der Waals surface area (Å²) < 4.78 is 10.6. The maximum Gasteiger partial charge on any atom is 0.260 e. The number of benzene rings is 2. The third-order valence-electron chi connectivity index (χ3n) is 11.2. The van der Waals surface area contributed by atoms with E-state index in [2.05, 4.69) is 86.6 Å². The summed E-state index contributed by atoms with van der Waals surface area (Å²) in [5, 5.41) is 19.6. The lowest BCUT2D eigenvalue weighted by Gasteiger charge is -2.15. The molecule has 342 valence electrons. The summed E-state index contributed by atoms with van der Waals surface area (Å²) in [6.45, 7) is 4.15. The van der Waals surface area contributed by atoms with Crippen molar-refractivity contribution in [2.75, 3.05) is 25.1 Å². The number of aryl methyl sites for hydroxylation is 2. The van der Waals surface area contributed by atoms with Gasteiger partial charge in [0.25, 0.3) is 11.8 Å². The lowest BCUT2D eigenvalue weighted by atomic mass is 10.1. The first-order valence-corrected chi connectivity index (χ1v) is 23.4. The fourth-order valence-electron chi connectivity index (χ4n) is 7.86. The molecule has 0 radical (unpaired) electrons. The summed E-state index contributed by atoms with van der Waals surface area (Å²) in [6.07, 6.45) is 6.45. The van der Waals surface area contributed by atoms with E-state index >= 15 is 0 Å². The maximum absolute atomic E-state index is 12.6. The molecule has 3 N–H and O–H groups in total. The zero-order valence-electron chi connectivity index (χ0n) is 36.7. The molecule has 0 bridgehead atoms. The zero-order valence-corrected chi connectivity index (χ0v) is 39.9. The Morgan fingerprint density at radius 2 is 1.30 bits per heavy atom. The number of fused-ring (bicyclic) bond motifs is 4. The molecule has 2 amide bonds. The number of nitrogens with zero attached hydrogens (tertiary/aromatic N) is 11. The lowest BCUT2D eigenvalue weighted by Crippen LogP contribution is -2.24. The Morgan fingerprint density at radius 1 is 0.687 bits per heavy atom. The Bertz CT molecular complexity index is 2940. The van der Waals surface area contributed by atoms with Crippen molar-refractivity contribution in [3.8, 4) is 23.0 Å². The molecule has 0 unspecified atom stereocenters. The van der Waals surface area contributed by atoms with Crippen molar-refractivity contribution in [3.05, 3.63) is 152 Å². The van der Waals surface area contributed by atoms with Crippen molar-refractivity contribution >= 4 is 61.2 Å². The number of ketones is 1. The van der Waals surface area contributed by atoms with Gasteiger partial charge in [0.15, 0.2) is 23.3 Å². The van der Waals surface area contributed by atoms with E-state index in [1.54, 1.807) is 30.2 Å². The highest BCUT2D eigenvalue weighted by Crippen LogP contribution is 2.29. The van der Waals surface area contributed by atoms with Crippen LogP contribution in [0.4, 0.5) is 5.82 Å². The number of amides is 2. The first-order chi connectivity index (χ1) is 32.7. The molecule has 10 heterocycles. The van der Waals surface area contributed by atoms with E-state index in [1.165, 1.54) is 6.42 Å². The van der Waals surface area contributed by atoms with Crippen LogP contribution in [0, 0.1) is 0 Å². The number of carbonyl (C=O) groups is 3. The number of halogens is 2. The van der Waals surface area contributed by atoms with Crippen LogP contribution in [-0.2, 0) is 43.8 Å². The predicted molar refractivity (Wildman–Crippen MR) is 259 cm³/mol. The van der Waals surface area contributed by atoms with Crippen molar-refractivity contribution in [3.63, 3.8) is 0 Å². The van der Waals surface area contributed by atoms with Crippen LogP contribution in [0.3, 0.4) is 0 Å². The van der Waals surface area contributed by atoms with Gasteiger partial charge in [0.2, 0.25) is 0 Å². The molecular formula is C48H47Br2N13O4. The number of Topliss-reactive ketones (excluding diaryl/α,β-unsaturated/α-hetero) is 1. The molecule has 5 aromatic heterocycles. The van der Waals surface area contributed by atoms with Crippen LogP contribution in [0.15, 0.2) is 117 Å². The number of methoxy groups -OCH3 is 1. The van der Waals surface area contributed by atoms with Crippen molar-refractivity contribution < 1.29 is 19.1 Å². The summed E-state index contributed by atoms with van der Waals surface area (Å²) in [7, 11) is 1.67. The lowest BCUT2D eigenvalue weighted by molar-refractivity contribution is 0.0962. The van der Waals surface area contributed by atoms with Crippen molar-refractivity contribution in [2.45, 2.75) is 64.7 Å². The maximum atomic E-state index is 12.6. The van der Waals surface area contributed by atoms with Crippen LogP contribution in [0.5, 0.6) is 0 Å². The number of carbonyl (C=O) groups excluding carboxylic acids is 3. The number of pyridine rings is 3. The van der Waals surface area contributed by atoms with Crippen molar-refractivity contribution in [2.24, 2.45) is 10.7 Å². The number of rotatable bonds is 5. The Hall–Kier alpha value is -6.83. The van der Waals surface area contributed by atoms with Gasteiger partial charge in [-0.1, -0.05) is 54.6 Å². The van der Waals surface area contributed by atoms with Crippen LogP contribution in [0.1, 0.15) is 79.7 Å². The second-order valence-electron chi connectivity index (χ2n) is 15.6.